The Bertz CT molecular complexity index is 4100. The van der Waals surface area contributed by atoms with E-state index in [0.29, 0.717) is 5.56 Å². The molecule has 2 aromatic heterocycles. The lowest BCUT2D eigenvalue weighted by Crippen LogP contribution is -2.08. The molecule has 5 aromatic carbocycles. The van der Waals surface area contributed by atoms with Crippen molar-refractivity contribution < 1.29 is 98.6 Å². The fraction of sp³-hybridized carbons (Fsp3) is 0.128. The van der Waals surface area contributed by atoms with E-state index < -0.39 is 88.8 Å². The van der Waals surface area contributed by atoms with Crippen LogP contribution in [0.3, 0.4) is 0 Å². The van der Waals surface area contributed by atoms with Crippen molar-refractivity contribution in [2.45, 2.75) is 34.6 Å². The van der Waals surface area contributed by atoms with Gasteiger partial charge in [-0.3, -0.25) is 23.0 Å². The van der Waals surface area contributed by atoms with E-state index in [0.717, 1.165) is 52.5 Å². The van der Waals surface area contributed by atoms with E-state index in [-0.39, 0.29) is 98.1 Å². The number of thiazole rings is 1. The van der Waals surface area contributed by atoms with Crippen LogP contribution in [0.1, 0.15) is 17.5 Å². The van der Waals surface area contributed by atoms with Gasteiger partial charge in [0.1, 0.15) is 44.7 Å². The topological polar surface area (TPSA) is 484 Å². The zero-order valence-electron chi connectivity index (χ0n) is 37.6. The summed E-state index contributed by atoms with van der Waals surface area (Å²) in [5, 5.41) is 49.9. The molecule has 7 aromatic rings. The zero-order valence-corrected chi connectivity index (χ0v) is 42.5. The van der Waals surface area contributed by atoms with Crippen molar-refractivity contribution in [1.29, 1.82) is 0 Å². The van der Waals surface area contributed by atoms with Crippen LogP contribution in [0.2, 0.25) is 0 Å². The predicted molar refractivity (Wildman–Crippen MR) is 256 cm³/mol. The summed E-state index contributed by atoms with van der Waals surface area (Å²) in [7, 11) is -21.8. The third kappa shape index (κ3) is 15.4. The highest BCUT2D eigenvalue weighted by Crippen LogP contribution is 2.44. The van der Waals surface area contributed by atoms with Crippen LogP contribution in [0.5, 0.6) is 17.4 Å². The number of hydrogen-bond acceptors (Lipinski definition) is 27. The van der Waals surface area contributed by atoms with E-state index in [9.17, 15) is 66.9 Å². The summed E-state index contributed by atoms with van der Waals surface area (Å²) in [5.41, 5.74) is -0.163. The molecule has 0 saturated carbocycles. The first-order valence-electron chi connectivity index (χ1n) is 19.9. The molecule has 76 heavy (non-hydrogen) atoms. The number of aryl methyl sites for hydroxylation is 1. The van der Waals surface area contributed by atoms with E-state index in [1.165, 1.54) is 42.5 Å². The molecule has 31 nitrogen and oxygen atoms in total. The number of aromatic nitrogens is 3. The predicted octanol–water partition coefficient (Wildman–Crippen LogP) is 6.08. The Hall–Kier alpha value is -8.23. The summed E-state index contributed by atoms with van der Waals surface area (Å²) in [6, 6.07) is 14.6. The van der Waals surface area contributed by atoms with E-state index in [1.807, 2.05) is 0 Å². The molecule has 0 aliphatic rings. The van der Waals surface area contributed by atoms with Crippen LogP contribution in [-0.2, 0) is 76.8 Å². The number of carbonyl (C=O) groups excluding carboxylic acids is 3. The summed E-state index contributed by atoms with van der Waals surface area (Å²) in [4.78, 5) is 29.4. The van der Waals surface area contributed by atoms with Crippen LogP contribution in [0.25, 0.3) is 26.7 Å². The molecular formula is C39H31N9O22S6. The first-order chi connectivity index (χ1) is 35.6. The number of phenolic OH excluding ortho intramolecular Hbond substituents is 1. The van der Waals surface area contributed by atoms with Crippen LogP contribution in [0.4, 0.5) is 33.6 Å². The first-order valence-corrected chi connectivity index (χ1v) is 27.6. The van der Waals surface area contributed by atoms with Crippen LogP contribution in [0, 0.1) is 6.92 Å². The number of aromatic hydroxyl groups is 2. The van der Waals surface area contributed by atoms with Gasteiger partial charge in [-0.05, 0) is 85.1 Å². The normalized spacial score (nSPS) is 12.1. The Morgan fingerprint density at radius 3 is 1.92 bits per heavy atom. The van der Waals surface area contributed by atoms with Crippen molar-refractivity contribution in [3.63, 3.8) is 0 Å². The van der Waals surface area contributed by atoms with Gasteiger partial charge in [-0.2, -0.15) is 53.0 Å². The minimum atomic E-state index is -5.10. The quantitative estimate of drug-likeness (QED) is 0.0245. The Kier molecular flexibility index (Phi) is 18.8. The lowest BCUT2D eigenvalue weighted by Gasteiger charge is -2.11. The monoisotopic (exact) mass is 1170 g/mol. The second-order valence-corrected chi connectivity index (χ2v) is 21.6. The van der Waals surface area contributed by atoms with E-state index >= 15 is 0 Å². The number of hydrogen-bond donors (Lipinski definition) is 6. The number of fused-ring (bicyclic) bond motifs is 2. The van der Waals surface area contributed by atoms with Gasteiger partial charge in [0.05, 0.1) is 39.5 Å². The van der Waals surface area contributed by atoms with Crippen molar-refractivity contribution in [3.05, 3.63) is 90.1 Å². The fourth-order valence-corrected chi connectivity index (χ4v) is 9.75. The molecule has 0 saturated heterocycles. The highest BCUT2D eigenvalue weighted by atomic mass is 32.2. The molecule has 0 amide bonds. The maximum atomic E-state index is 12.7. The fourth-order valence-electron chi connectivity index (χ4n) is 6.32. The maximum Gasteiger partial charge on any atom is 0.425 e. The molecule has 400 valence electrons. The Labute approximate surface area is 431 Å². The average molecular weight is 1170 g/mol. The summed E-state index contributed by atoms with van der Waals surface area (Å²) < 4.78 is 171. The number of azo groups is 3. The first kappa shape index (κ1) is 58.7. The van der Waals surface area contributed by atoms with Gasteiger partial charge in [0.25, 0.3) is 46.9 Å². The van der Waals surface area contributed by atoms with Crippen LogP contribution < -0.4 is 4.74 Å². The van der Waals surface area contributed by atoms with Gasteiger partial charge in [0, 0.05) is 16.8 Å². The van der Waals surface area contributed by atoms with Gasteiger partial charge in [-0.15, -0.1) is 43.3 Å². The third-order valence-corrected chi connectivity index (χ3v) is 13.8. The van der Waals surface area contributed by atoms with Crippen LogP contribution in [-0.4, -0.2) is 114 Å². The minimum Gasteiger partial charge on any atom is -0.505 e. The highest BCUT2D eigenvalue weighted by molar-refractivity contribution is 7.86. The molecule has 37 heteroatoms. The molecule has 0 aliphatic carbocycles. The molecule has 0 radical (unpaired) electrons. The summed E-state index contributed by atoms with van der Waals surface area (Å²) >= 11 is 0.892. The number of phenols is 1. The molecule has 0 aliphatic heterocycles. The molecule has 0 spiro atoms. The van der Waals surface area contributed by atoms with Crippen molar-refractivity contribution in [2.75, 3.05) is 12.4 Å². The SMILES string of the molecule is Cc1cc(N=Nc2ccc3c(S(=O)(=O)O)c(N=Nc4cnn(-c5ccc(S(=O)(=O)O)cc5)c4O)ccc3c2O)c(OCCCS(=O)(=O)O)cc1N=Nc1nc2c(S(=O)(=O)O)cc(COC=O)cc2s1.O=C=O.O=S(=O)=O. The maximum absolute atomic E-state index is 12.7. The Balaban J connectivity index is 0.00000144. The van der Waals surface area contributed by atoms with E-state index in [4.69, 9.17) is 31.7 Å². The summed E-state index contributed by atoms with van der Waals surface area (Å²) in [5.74, 6) is -1.93. The molecule has 0 atom stereocenters. The summed E-state index contributed by atoms with van der Waals surface area (Å²) in [6.45, 7) is 1.18. The van der Waals surface area contributed by atoms with Crippen molar-refractivity contribution in [3.8, 4) is 23.1 Å². The Morgan fingerprint density at radius 2 is 1.32 bits per heavy atom. The second-order valence-electron chi connectivity index (χ2n) is 14.5. The number of ether oxygens (including phenoxy) is 2. The van der Waals surface area contributed by atoms with Gasteiger partial charge in [0.2, 0.25) is 11.0 Å². The van der Waals surface area contributed by atoms with E-state index in [1.54, 1.807) is 6.92 Å². The molecule has 0 unspecified atom stereocenters. The van der Waals surface area contributed by atoms with Crippen molar-refractivity contribution in [1.82, 2.24) is 14.8 Å². The number of nitrogens with zero attached hydrogens (tertiary/aromatic N) is 9. The highest BCUT2D eigenvalue weighted by Gasteiger charge is 2.24. The zero-order chi connectivity index (χ0) is 56.3. The van der Waals surface area contributed by atoms with Crippen LogP contribution >= 0.6 is 11.3 Å². The average Bonchev–Trinajstić information content (AvgIpc) is 3.91. The smallest absolute Gasteiger partial charge is 0.425 e. The lowest BCUT2D eigenvalue weighted by atomic mass is 10.1. The van der Waals surface area contributed by atoms with Gasteiger partial charge in [-0.1, -0.05) is 17.4 Å². The van der Waals surface area contributed by atoms with Gasteiger partial charge in [-0.25, -0.2) is 4.98 Å². The summed E-state index contributed by atoms with van der Waals surface area (Å²) in [6.07, 6.45) is 1.12. The van der Waals surface area contributed by atoms with Gasteiger partial charge in [0.15, 0.2) is 11.4 Å². The number of carbonyl (C=O) groups is 1. The Morgan fingerprint density at radius 1 is 0.724 bits per heavy atom. The van der Waals surface area contributed by atoms with Gasteiger partial charge < -0.3 is 19.7 Å². The molecule has 7 rings (SSSR count). The number of benzene rings is 5. The minimum absolute atomic E-state index is 0.00302. The second kappa shape index (κ2) is 24.4. The molecule has 0 bridgehead atoms. The molecule has 2 heterocycles. The number of rotatable bonds is 18. The van der Waals surface area contributed by atoms with Gasteiger partial charge >= 0.3 is 16.8 Å². The van der Waals surface area contributed by atoms with Crippen molar-refractivity contribution in [2.24, 2.45) is 30.7 Å². The third-order valence-electron chi connectivity index (χ3n) is 9.40. The van der Waals surface area contributed by atoms with Crippen LogP contribution in [0.15, 0.2) is 124 Å². The standard InChI is InChI=1S/C38H31N9O17S5.CO2.O3S/c1-20-13-29(31(64-11-2-12-66(51,52)53)16-28(20)43-46-38-40-34-32(65-38)14-21(18-63-19-48)15-33(34)68(57,58)59)44-41-26-9-8-25-24(35(26)49)7-10-27(36(25)69(60,61)62)42-45-30-17-39-47(37(30)50)22-3-5-23(6-4-22)67(54,55)56;2-1-3;1-4(2)3/h3-10,13-17,19,49-50H,2,11-12,18H2,1H3,(H,51,52,53)(H,54,55,56)(H,57,58,59)(H,60,61,62);;. The molecule has 6 N–H and O–H groups in total. The molecular weight excluding hydrogens is 1140 g/mol. The van der Waals surface area contributed by atoms with Crippen molar-refractivity contribution >= 4 is 130 Å². The molecule has 0 fully saturated rings. The van der Waals surface area contributed by atoms with E-state index in [2.05, 4.69) is 40.8 Å². The lowest BCUT2D eigenvalue weighted by molar-refractivity contribution is -0.191. The largest absolute Gasteiger partial charge is 0.505 e.